The number of likely N-dealkylation sites (N-methyl/N-ethyl adjacent to an activating group) is 2. The molecule has 0 bridgehead atoms. The Morgan fingerprint density at radius 3 is 2.71 bits per heavy atom. The van der Waals surface area contributed by atoms with Gasteiger partial charge in [-0.05, 0) is 74.8 Å². The number of anilines is 4. The van der Waals surface area contributed by atoms with Gasteiger partial charge in [0.15, 0.2) is 5.82 Å². The molecule has 2 aliphatic rings. The van der Waals surface area contributed by atoms with Gasteiger partial charge < -0.3 is 20.1 Å². The highest BCUT2D eigenvalue weighted by molar-refractivity contribution is 7.69. The summed E-state index contributed by atoms with van der Waals surface area (Å²) < 4.78 is 12.4. The van der Waals surface area contributed by atoms with Crippen LogP contribution in [0.5, 0.6) is 0 Å². The van der Waals surface area contributed by atoms with Gasteiger partial charge in [0.2, 0.25) is 5.95 Å². The first-order chi connectivity index (χ1) is 16.7. The van der Waals surface area contributed by atoms with Crippen LogP contribution in [-0.2, 0) is 17.5 Å². The molecule has 0 fully saturated rings. The largest absolute Gasteiger partial charge is 0.324 e. The van der Waals surface area contributed by atoms with E-state index >= 15 is 0 Å². The van der Waals surface area contributed by atoms with Crippen LogP contribution in [0.2, 0.25) is 0 Å². The van der Waals surface area contributed by atoms with E-state index in [1.807, 2.05) is 0 Å². The number of hydrogen-bond acceptors (Lipinski definition) is 9. The molecule has 1 atom stereocenters. The number of benzene rings is 1. The molecule has 4 heterocycles. The summed E-state index contributed by atoms with van der Waals surface area (Å²) in [6.45, 7) is 6.33. The summed E-state index contributed by atoms with van der Waals surface area (Å²) >= 11 is 0. The smallest absolute Gasteiger partial charge is 0.229 e. The summed E-state index contributed by atoms with van der Waals surface area (Å²) in [5.41, 5.74) is 5.91. The Balaban J connectivity index is 1.45. The van der Waals surface area contributed by atoms with E-state index in [0.717, 1.165) is 31.7 Å². The summed E-state index contributed by atoms with van der Waals surface area (Å²) in [5.74, 6) is 1.21. The van der Waals surface area contributed by atoms with Crippen molar-refractivity contribution in [1.82, 2.24) is 24.8 Å². The summed E-state index contributed by atoms with van der Waals surface area (Å²) in [4.78, 5) is 18.2. The van der Waals surface area contributed by atoms with E-state index in [1.54, 1.807) is 31.5 Å². The molecular weight excluding hydrogens is 459 g/mol. The fourth-order valence-corrected chi connectivity index (χ4v) is 5.63. The predicted molar refractivity (Wildman–Crippen MR) is 138 cm³/mol. The van der Waals surface area contributed by atoms with Gasteiger partial charge in [-0.15, -0.1) is 0 Å². The van der Waals surface area contributed by atoms with Crippen LogP contribution in [0.1, 0.15) is 28.3 Å². The van der Waals surface area contributed by atoms with Crippen LogP contribution in [0.15, 0.2) is 36.5 Å². The van der Waals surface area contributed by atoms with Crippen LogP contribution in [0, 0.1) is 11.3 Å². The lowest BCUT2D eigenvalue weighted by atomic mass is 9.85. The average Bonchev–Trinajstić information content (AvgIpc) is 2.81. The summed E-state index contributed by atoms with van der Waals surface area (Å²) in [5, 5.41) is 16.0. The fourth-order valence-electron chi connectivity index (χ4n) is 4.83. The second-order valence-corrected chi connectivity index (χ2v) is 12.9. The first-order valence-corrected chi connectivity index (χ1v) is 14.2. The highest BCUT2D eigenvalue weighted by atomic mass is 31.2. The Hall–Kier alpha value is -3.31. The molecule has 0 aliphatic carbocycles. The molecule has 180 valence electrons. The zero-order valence-corrected chi connectivity index (χ0v) is 21.3. The number of nitriles is 1. The van der Waals surface area contributed by atoms with E-state index < -0.39 is 7.14 Å². The van der Waals surface area contributed by atoms with Crippen molar-refractivity contribution < 1.29 is 4.57 Å². The molecule has 2 N–H and O–H groups in total. The SMILES string of the molecule is CN1Cc2cc(Nc3ncc(C#N)c(Nc4cccc(P(C)(C)=O)n4)n3)cc3c2C(C1)N(C)CC3. The number of aromatic nitrogens is 3. The van der Waals surface area contributed by atoms with Gasteiger partial charge >= 0.3 is 0 Å². The quantitative estimate of drug-likeness (QED) is 0.522. The normalized spacial score (nSPS) is 18.0. The van der Waals surface area contributed by atoms with Crippen molar-refractivity contribution in [3.8, 4) is 6.07 Å². The van der Waals surface area contributed by atoms with Crippen molar-refractivity contribution in [2.24, 2.45) is 0 Å². The van der Waals surface area contributed by atoms with Gasteiger partial charge in [-0.3, -0.25) is 4.90 Å². The fraction of sp³-hybridized carbons (Fsp3) is 0.360. The van der Waals surface area contributed by atoms with Crippen LogP contribution >= 0.6 is 7.14 Å². The molecule has 0 amide bonds. The third kappa shape index (κ3) is 4.78. The summed E-state index contributed by atoms with van der Waals surface area (Å²) in [7, 11) is 1.84. The van der Waals surface area contributed by atoms with E-state index in [9.17, 15) is 9.83 Å². The Bertz CT molecular complexity index is 1380. The van der Waals surface area contributed by atoms with E-state index in [2.05, 4.69) is 67.7 Å². The third-order valence-corrected chi connectivity index (χ3v) is 7.93. The molecule has 2 aromatic heterocycles. The van der Waals surface area contributed by atoms with Crippen molar-refractivity contribution in [1.29, 1.82) is 5.26 Å². The molecule has 35 heavy (non-hydrogen) atoms. The second-order valence-electron chi connectivity index (χ2n) is 9.70. The van der Waals surface area contributed by atoms with Gasteiger partial charge in [-0.25, -0.2) is 9.97 Å². The summed E-state index contributed by atoms with van der Waals surface area (Å²) in [6, 6.07) is 12.2. The zero-order chi connectivity index (χ0) is 24.7. The highest BCUT2D eigenvalue weighted by Crippen LogP contribution is 2.38. The molecule has 5 rings (SSSR count). The number of pyridine rings is 1. The van der Waals surface area contributed by atoms with Crippen LogP contribution in [0.25, 0.3) is 0 Å². The van der Waals surface area contributed by atoms with Gasteiger partial charge in [-0.1, -0.05) is 6.07 Å². The van der Waals surface area contributed by atoms with Gasteiger partial charge in [0, 0.05) is 31.4 Å². The zero-order valence-electron chi connectivity index (χ0n) is 20.4. The molecule has 0 radical (unpaired) electrons. The van der Waals surface area contributed by atoms with Gasteiger partial charge in [0.05, 0.1) is 6.20 Å². The number of rotatable bonds is 5. The lowest BCUT2D eigenvalue weighted by molar-refractivity contribution is 0.150. The number of hydrogen-bond donors (Lipinski definition) is 2. The lowest BCUT2D eigenvalue weighted by Gasteiger charge is -2.42. The Morgan fingerprint density at radius 1 is 1.14 bits per heavy atom. The van der Waals surface area contributed by atoms with Gasteiger partial charge in [0.1, 0.15) is 30.0 Å². The average molecular weight is 489 g/mol. The van der Waals surface area contributed by atoms with Crippen LogP contribution in [0.3, 0.4) is 0 Å². The predicted octanol–water partition coefficient (Wildman–Crippen LogP) is 3.45. The molecule has 10 heteroatoms. The highest BCUT2D eigenvalue weighted by Gasteiger charge is 2.32. The Labute approximate surface area is 205 Å². The molecule has 0 saturated carbocycles. The van der Waals surface area contributed by atoms with Crippen molar-refractivity contribution in [2.45, 2.75) is 19.0 Å². The minimum Gasteiger partial charge on any atom is -0.324 e. The minimum atomic E-state index is -2.52. The minimum absolute atomic E-state index is 0.298. The Morgan fingerprint density at radius 2 is 1.94 bits per heavy atom. The van der Waals surface area contributed by atoms with Crippen LogP contribution in [-0.4, -0.2) is 65.3 Å². The standard InChI is InChI=1S/C25H29N8OP/c1-32-14-17-11-19(10-16-8-9-33(2)20(15-32)23(16)17)28-25-27-13-18(12-26)24(31-25)30-21-6-5-7-22(29-21)35(3,4)34/h5-7,10-11,13,20H,8-9,14-15H2,1-4H3,(H2,27,28,29,30,31). The van der Waals surface area contributed by atoms with Gasteiger partial charge in [-0.2, -0.15) is 10.2 Å². The first kappa shape index (κ1) is 23.4. The van der Waals surface area contributed by atoms with Crippen LogP contribution < -0.4 is 16.1 Å². The van der Waals surface area contributed by atoms with Crippen molar-refractivity contribution in [3.05, 3.63) is 58.8 Å². The van der Waals surface area contributed by atoms with E-state index in [4.69, 9.17) is 0 Å². The molecule has 0 saturated heterocycles. The van der Waals surface area contributed by atoms with Crippen molar-refractivity contribution in [3.63, 3.8) is 0 Å². The molecule has 1 unspecified atom stereocenters. The maximum absolute atomic E-state index is 12.4. The second kappa shape index (κ2) is 9.04. The van der Waals surface area contributed by atoms with Crippen molar-refractivity contribution in [2.75, 3.05) is 51.1 Å². The molecule has 3 aromatic rings. The number of nitrogens with one attached hydrogen (secondary N) is 2. The third-order valence-electron chi connectivity index (χ3n) is 6.57. The molecule has 0 spiro atoms. The molecule has 2 aliphatic heterocycles. The maximum Gasteiger partial charge on any atom is 0.229 e. The first-order valence-electron chi connectivity index (χ1n) is 11.6. The topological polar surface area (TPSA) is 110 Å². The van der Waals surface area contributed by atoms with Crippen molar-refractivity contribution >= 4 is 35.8 Å². The van der Waals surface area contributed by atoms with E-state index in [1.165, 1.54) is 22.9 Å². The number of nitrogens with zero attached hydrogens (tertiary/aromatic N) is 6. The van der Waals surface area contributed by atoms with E-state index in [-0.39, 0.29) is 0 Å². The molecular formula is C25H29N8OP. The Kier molecular flexibility index (Phi) is 6.06. The van der Waals surface area contributed by atoms with Crippen LogP contribution in [0.4, 0.5) is 23.3 Å². The van der Waals surface area contributed by atoms with Gasteiger partial charge in [0.25, 0.3) is 0 Å². The maximum atomic E-state index is 12.4. The lowest BCUT2D eigenvalue weighted by Crippen LogP contribution is -2.43. The molecule has 1 aromatic carbocycles. The summed E-state index contributed by atoms with van der Waals surface area (Å²) in [6.07, 6.45) is 2.50. The molecule has 9 nitrogen and oxygen atoms in total. The van der Waals surface area contributed by atoms with E-state index in [0.29, 0.717) is 34.6 Å². The monoisotopic (exact) mass is 488 g/mol.